The van der Waals surface area contributed by atoms with E-state index in [9.17, 15) is 0 Å². The van der Waals surface area contributed by atoms with Crippen molar-refractivity contribution in [2.24, 2.45) is 15.7 Å². The highest BCUT2D eigenvalue weighted by molar-refractivity contribution is 7.17. The fourth-order valence-corrected chi connectivity index (χ4v) is 4.60. The van der Waals surface area contributed by atoms with E-state index in [0.29, 0.717) is 5.82 Å². The average Bonchev–Trinajstić information content (AvgIpc) is 3.43. The van der Waals surface area contributed by atoms with Crippen molar-refractivity contribution in [3.05, 3.63) is 58.7 Å². The first kappa shape index (κ1) is 18.4. The molecule has 0 bridgehead atoms. The molecule has 142 valence electrons. The van der Waals surface area contributed by atoms with Crippen LogP contribution in [0.1, 0.15) is 10.4 Å². The van der Waals surface area contributed by atoms with E-state index in [-0.39, 0.29) is 0 Å². The van der Waals surface area contributed by atoms with Crippen molar-refractivity contribution < 1.29 is 0 Å². The number of hydrogen-bond acceptors (Lipinski definition) is 7. The summed E-state index contributed by atoms with van der Waals surface area (Å²) in [4.78, 5) is 16.3. The van der Waals surface area contributed by atoms with E-state index in [1.807, 2.05) is 28.8 Å². The van der Waals surface area contributed by atoms with Crippen molar-refractivity contribution in [3.63, 3.8) is 0 Å². The molecule has 6 nitrogen and oxygen atoms in total. The molecule has 0 amide bonds. The Morgan fingerprint density at radius 1 is 1.39 bits per heavy atom. The summed E-state index contributed by atoms with van der Waals surface area (Å²) < 4.78 is 1.16. The molecule has 28 heavy (non-hydrogen) atoms. The maximum atomic E-state index is 5.83. The quantitative estimate of drug-likeness (QED) is 0.471. The second-order valence-corrected chi connectivity index (χ2v) is 8.23. The first-order valence-electron chi connectivity index (χ1n) is 8.71. The monoisotopic (exact) mass is 408 g/mol. The van der Waals surface area contributed by atoms with Crippen LogP contribution in [-0.2, 0) is 0 Å². The summed E-state index contributed by atoms with van der Waals surface area (Å²) >= 11 is 3.31. The van der Waals surface area contributed by atoms with Gasteiger partial charge in [0.15, 0.2) is 0 Å². The Morgan fingerprint density at radius 2 is 2.29 bits per heavy atom. The Balaban J connectivity index is 1.61. The Bertz CT molecular complexity index is 1110. The van der Waals surface area contributed by atoms with Crippen LogP contribution in [0.3, 0.4) is 0 Å². The molecular formula is C20H20N6S2. The van der Waals surface area contributed by atoms with Crippen LogP contribution in [-0.4, -0.2) is 42.6 Å². The Kier molecular flexibility index (Phi) is 5.23. The van der Waals surface area contributed by atoms with E-state index in [0.717, 1.165) is 39.6 Å². The minimum Gasteiger partial charge on any atom is -0.386 e. The highest BCUT2D eigenvalue weighted by Crippen LogP contribution is 2.34. The minimum atomic E-state index is 0.596. The summed E-state index contributed by atoms with van der Waals surface area (Å²) in [5.74, 6) is 0.596. The predicted octanol–water partition coefficient (Wildman–Crippen LogP) is 4.31. The van der Waals surface area contributed by atoms with E-state index in [1.165, 1.54) is 10.5 Å². The number of rotatable bonds is 6. The third kappa shape index (κ3) is 3.83. The molecule has 0 aliphatic carbocycles. The summed E-state index contributed by atoms with van der Waals surface area (Å²) in [6, 6.07) is 8.21. The molecule has 1 aliphatic rings. The van der Waals surface area contributed by atoms with Crippen LogP contribution in [0, 0.1) is 0 Å². The fraction of sp³-hybridized carbons (Fsp3) is 0.150. The van der Waals surface area contributed by atoms with E-state index < -0.39 is 0 Å². The van der Waals surface area contributed by atoms with Crippen molar-refractivity contribution >= 4 is 61.7 Å². The summed E-state index contributed by atoms with van der Waals surface area (Å²) in [6.07, 6.45) is 5.76. The van der Waals surface area contributed by atoms with Gasteiger partial charge in [-0.25, -0.2) is 4.98 Å². The van der Waals surface area contributed by atoms with E-state index in [1.54, 1.807) is 36.1 Å². The Labute approximate surface area is 171 Å². The zero-order chi connectivity index (χ0) is 19.5. The van der Waals surface area contributed by atoms with Gasteiger partial charge in [-0.05, 0) is 29.8 Å². The van der Waals surface area contributed by atoms with Gasteiger partial charge in [0.1, 0.15) is 5.00 Å². The number of thiazole rings is 1. The molecule has 2 aromatic heterocycles. The zero-order valence-corrected chi connectivity index (χ0v) is 17.1. The van der Waals surface area contributed by atoms with Crippen LogP contribution in [0.2, 0.25) is 0 Å². The Hall–Kier alpha value is -2.97. The lowest BCUT2D eigenvalue weighted by atomic mass is 10.2. The minimum absolute atomic E-state index is 0.596. The molecule has 0 atom stereocenters. The van der Waals surface area contributed by atoms with Gasteiger partial charge in [-0.3, -0.25) is 9.98 Å². The number of hydrogen-bond donors (Lipinski definition) is 2. The molecule has 3 aromatic rings. The number of aromatic nitrogens is 1. The molecule has 8 heteroatoms. The van der Waals surface area contributed by atoms with E-state index >= 15 is 0 Å². The molecule has 0 fully saturated rings. The van der Waals surface area contributed by atoms with Crippen molar-refractivity contribution in [2.45, 2.75) is 0 Å². The number of nitrogens with two attached hydrogens (primary N) is 1. The summed E-state index contributed by atoms with van der Waals surface area (Å²) in [6.45, 7) is 5.39. The first-order chi connectivity index (χ1) is 13.6. The van der Waals surface area contributed by atoms with Gasteiger partial charge in [0.25, 0.3) is 0 Å². The smallest absolute Gasteiger partial charge is 0.103 e. The number of nitrogens with one attached hydrogen (secondary N) is 1. The number of anilines is 1. The van der Waals surface area contributed by atoms with E-state index in [2.05, 4.69) is 45.1 Å². The second-order valence-electron chi connectivity index (χ2n) is 6.29. The highest BCUT2D eigenvalue weighted by Gasteiger charge is 2.18. The SMILES string of the molecule is C=C(N)N1CC=C(c2cc(C=Nc3ccc4scnc4c3)c(NC=NC)s2)C1. The lowest BCUT2D eigenvalue weighted by molar-refractivity contribution is 0.444. The van der Waals surface area contributed by atoms with Crippen molar-refractivity contribution in [1.82, 2.24) is 9.88 Å². The van der Waals surface area contributed by atoms with Crippen molar-refractivity contribution in [3.8, 4) is 0 Å². The lowest BCUT2D eigenvalue weighted by Gasteiger charge is -2.16. The summed E-state index contributed by atoms with van der Waals surface area (Å²) in [5.41, 5.74) is 11.8. The van der Waals surface area contributed by atoms with Crippen LogP contribution in [0.4, 0.5) is 10.7 Å². The maximum absolute atomic E-state index is 5.83. The predicted molar refractivity (Wildman–Crippen MR) is 122 cm³/mol. The maximum Gasteiger partial charge on any atom is 0.103 e. The number of benzene rings is 1. The van der Waals surface area contributed by atoms with E-state index in [4.69, 9.17) is 5.73 Å². The molecule has 3 N–H and O–H groups in total. The van der Waals surface area contributed by atoms with Crippen LogP contribution >= 0.6 is 22.7 Å². The molecule has 0 radical (unpaired) electrons. The molecule has 0 spiro atoms. The number of thiophene rings is 1. The van der Waals surface area contributed by atoms with Crippen molar-refractivity contribution in [1.29, 1.82) is 0 Å². The van der Waals surface area contributed by atoms with Gasteiger partial charge in [0, 0.05) is 36.8 Å². The molecule has 4 rings (SSSR count). The van der Waals surface area contributed by atoms with Gasteiger partial charge in [-0.2, -0.15) is 0 Å². The third-order valence-corrected chi connectivity index (χ3v) is 6.36. The lowest BCUT2D eigenvalue weighted by Crippen LogP contribution is -2.24. The fourth-order valence-electron chi connectivity index (χ4n) is 2.92. The molecule has 1 aromatic carbocycles. The van der Waals surface area contributed by atoms with Crippen molar-refractivity contribution in [2.75, 3.05) is 25.5 Å². The summed E-state index contributed by atoms with van der Waals surface area (Å²) in [7, 11) is 1.74. The molecule has 1 aliphatic heterocycles. The highest BCUT2D eigenvalue weighted by atomic mass is 32.1. The van der Waals surface area contributed by atoms with Crippen LogP contribution in [0.5, 0.6) is 0 Å². The average molecular weight is 409 g/mol. The topological polar surface area (TPSA) is 78.9 Å². The third-order valence-electron chi connectivity index (χ3n) is 4.39. The van der Waals surface area contributed by atoms with Crippen LogP contribution in [0.25, 0.3) is 15.8 Å². The number of aliphatic imine (C=N–C) groups is 2. The van der Waals surface area contributed by atoms with Crippen LogP contribution in [0.15, 0.2) is 58.2 Å². The van der Waals surface area contributed by atoms with Gasteiger partial charge in [-0.15, -0.1) is 22.7 Å². The second kappa shape index (κ2) is 7.95. The van der Waals surface area contributed by atoms with Gasteiger partial charge in [-0.1, -0.05) is 12.7 Å². The molecule has 0 unspecified atom stereocenters. The molecule has 0 saturated heterocycles. The van der Waals surface area contributed by atoms with Gasteiger partial charge in [0.2, 0.25) is 0 Å². The largest absolute Gasteiger partial charge is 0.386 e. The molecular weight excluding hydrogens is 388 g/mol. The normalized spacial score (nSPS) is 14.5. The number of fused-ring (bicyclic) bond motifs is 1. The van der Waals surface area contributed by atoms with Gasteiger partial charge in [0.05, 0.1) is 33.6 Å². The Morgan fingerprint density at radius 3 is 3.07 bits per heavy atom. The zero-order valence-electron chi connectivity index (χ0n) is 15.4. The first-order valence-corrected chi connectivity index (χ1v) is 10.4. The summed E-state index contributed by atoms with van der Waals surface area (Å²) in [5, 5.41) is 4.25. The number of nitrogens with zero attached hydrogens (tertiary/aromatic N) is 4. The van der Waals surface area contributed by atoms with Gasteiger partial charge >= 0.3 is 0 Å². The molecule has 3 heterocycles. The van der Waals surface area contributed by atoms with Gasteiger partial charge < -0.3 is 16.0 Å². The molecule has 0 saturated carbocycles. The van der Waals surface area contributed by atoms with Crippen LogP contribution < -0.4 is 11.1 Å². The standard InChI is InChI=1S/C20H20N6S2/c1-13(21)26-6-5-14(10-26)19-7-15(20(28-19)24-11-22-2)9-23-16-3-4-18-17(8-16)25-12-27-18/h3-5,7-9,11-12H,1,6,10,21H2,2H3,(H,22,24).